The molecule has 2 fully saturated rings. The first-order valence-corrected chi connectivity index (χ1v) is 15.6. The zero-order chi connectivity index (χ0) is 29.9. The Balaban J connectivity index is 1.14. The summed E-state index contributed by atoms with van der Waals surface area (Å²) in [4.78, 5) is 62.4. The molecule has 0 atom stereocenters. The van der Waals surface area contributed by atoms with Gasteiger partial charge in [-0.15, -0.1) is 0 Å². The summed E-state index contributed by atoms with van der Waals surface area (Å²) in [6.45, 7) is 4.00. The van der Waals surface area contributed by atoms with Crippen LogP contribution in [0.1, 0.15) is 80.0 Å². The van der Waals surface area contributed by atoms with Gasteiger partial charge in [0.25, 0.3) is 23.6 Å². The van der Waals surface area contributed by atoms with Crippen molar-refractivity contribution in [1.29, 1.82) is 0 Å². The van der Waals surface area contributed by atoms with Gasteiger partial charge in [0.15, 0.2) is 0 Å². The lowest BCUT2D eigenvalue weighted by Gasteiger charge is -2.33. The molecule has 2 saturated heterocycles. The minimum atomic E-state index is -0.465. The second-order valence-electron chi connectivity index (χ2n) is 12.1. The maximum absolute atomic E-state index is 13.9. The summed E-state index contributed by atoms with van der Waals surface area (Å²) in [5, 5.41) is 0.746. The Kier molecular flexibility index (Phi) is 6.25. The first kappa shape index (κ1) is 26.6. The van der Waals surface area contributed by atoms with Gasteiger partial charge in [-0.3, -0.25) is 19.2 Å². The van der Waals surface area contributed by atoms with Gasteiger partial charge in [-0.1, -0.05) is 0 Å². The van der Waals surface area contributed by atoms with E-state index in [4.69, 9.17) is 0 Å². The van der Waals surface area contributed by atoms with Gasteiger partial charge < -0.3 is 9.80 Å². The molecule has 4 aromatic rings. The molecule has 4 aliphatic heterocycles. The number of hydrogen-bond donors (Lipinski definition) is 0. The van der Waals surface area contributed by atoms with Crippen molar-refractivity contribution in [2.45, 2.75) is 38.5 Å². The predicted molar refractivity (Wildman–Crippen MR) is 171 cm³/mol. The van der Waals surface area contributed by atoms with E-state index in [0.717, 1.165) is 63.2 Å². The third-order valence-electron chi connectivity index (χ3n) is 9.55. The molecule has 0 saturated carbocycles. The highest BCUT2D eigenvalue weighted by Crippen LogP contribution is 2.40. The molecule has 0 N–H and O–H groups in total. The van der Waals surface area contributed by atoms with E-state index in [1.165, 1.54) is 22.6 Å². The Bertz CT molecular complexity index is 1650. The van der Waals surface area contributed by atoms with Crippen LogP contribution in [-0.4, -0.2) is 49.8 Å². The van der Waals surface area contributed by atoms with Crippen LogP contribution in [0.5, 0.6) is 0 Å². The maximum atomic E-state index is 13.9. The Morgan fingerprint density at radius 2 is 0.614 bits per heavy atom. The van der Waals surface area contributed by atoms with Crippen molar-refractivity contribution in [3.05, 3.63) is 95.1 Å². The van der Waals surface area contributed by atoms with E-state index in [-0.39, 0.29) is 0 Å². The van der Waals surface area contributed by atoms with Gasteiger partial charge in [-0.05, 0) is 111 Å². The largest absolute Gasteiger partial charge is 0.372 e. The molecule has 44 heavy (non-hydrogen) atoms. The van der Waals surface area contributed by atoms with Crippen LogP contribution < -0.4 is 19.6 Å². The molecule has 4 aromatic carbocycles. The first-order chi connectivity index (χ1) is 21.5. The summed E-state index contributed by atoms with van der Waals surface area (Å²) >= 11 is 0. The average Bonchev–Trinajstić information content (AvgIpc) is 3.08. The van der Waals surface area contributed by atoms with Crippen LogP contribution in [0.15, 0.2) is 72.8 Å². The van der Waals surface area contributed by atoms with Crippen LogP contribution in [0.25, 0.3) is 10.8 Å². The van der Waals surface area contributed by atoms with Gasteiger partial charge in [0.1, 0.15) is 0 Å². The average molecular weight is 585 g/mol. The number of anilines is 4. The molecule has 4 amide bonds. The van der Waals surface area contributed by atoms with Crippen molar-refractivity contribution < 1.29 is 19.2 Å². The summed E-state index contributed by atoms with van der Waals surface area (Å²) in [5.74, 6) is -1.86. The number of nitrogens with zero attached hydrogens (tertiary/aromatic N) is 4. The van der Waals surface area contributed by atoms with Gasteiger partial charge in [0.05, 0.1) is 11.4 Å². The molecule has 0 unspecified atom stereocenters. The summed E-state index contributed by atoms with van der Waals surface area (Å²) in [6.07, 6.45) is 7.10. The van der Waals surface area contributed by atoms with Crippen LogP contribution >= 0.6 is 0 Å². The highest BCUT2D eigenvalue weighted by atomic mass is 16.2. The minimum absolute atomic E-state index is 0.306. The third kappa shape index (κ3) is 4.04. The Morgan fingerprint density at radius 3 is 0.909 bits per heavy atom. The molecule has 0 spiro atoms. The number of hydrogen-bond acceptors (Lipinski definition) is 6. The predicted octanol–water partition coefficient (Wildman–Crippen LogP) is 6.42. The van der Waals surface area contributed by atoms with E-state index in [1.54, 1.807) is 24.3 Å². The van der Waals surface area contributed by atoms with Crippen molar-refractivity contribution in [3.8, 4) is 0 Å². The van der Waals surface area contributed by atoms with Gasteiger partial charge in [-0.25, -0.2) is 9.80 Å². The SMILES string of the molecule is O=C1c2ccc3c4c(ccc(c24)C(=O)N1c1ccc(N2CCCCC2)cc1)C(=O)N(c1ccc(N2CCCCC2)cc1)C3=O. The van der Waals surface area contributed by atoms with Crippen molar-refractivity contribution in [2.75, 3.05) is 45.8 Å². The van der Waals surface area contributed by atoms with E-state index >= 15 is 0 Å². The fourth-order valence-corrected chi connectivity index (χ4v) is 7.27. The van der Waals surface area contributed by atoms with E-state index < -0.39 is 23.6 Å². The second kappa shape index (κ2) is 10.3. The molecule has 4 aliphatic rings. The molecule has 220 valence electrons. The van der Waals surface area contributed by atoms with Crippen molar-refractivity contribution in [1.82, 2.24) is 0 Å². The first-order valence-electron chi connectivity index (χ1n) is 15.6. The maximum Gasteiger partial charge on any atom is 0.265 e. The van der Waals surface area contributed by atoms with Crippen LogP contribution in [0.4, 0.5) is 22.7 Å². The lowest BCUT2D eigenvalue weighted by atomic mass is 9.85. The molecule has 8 nitrogen and oxygen atoms in total. The smallest absolute Gasteiger partial charge is 0.265 e. The van der Waals surface area contributed by atoms with E-state index in [1.807, 2.05) is 48.5 Å². The number of amides is 4. The zero-order valence-corrected chi connectivity index (χ0v) is 24.4. The number of carbonyl (C=O) groups excluding carboxylic acids is 4. The topological polar surface area (TPSA) is 81.2 Å². The van der Waals surface area contributed by atoms with Gasteiger partial charge in [-0.2, -0.15) is 0 Å². The van der Waals surface area contributed by atoms with Crippen molar-refractivity contribution in [3.63, 3.8) is 0 Å². The Hall–Kier alpha value is -4.98. The van der Waals surface area contributed by atoms with Crippen LogP contribution in [0, 0.1) is 0 Å². The molecular formula is C36H32N4O4. The lowest BCUT2D eigenvalue weighted by Crippen LogP contribution is -2.43. The Labute approximate surface area is 255 Å². The fraction of sp³-hybridized carbons (Fsp3) is 0.278. The van der Waals surface area contributed by atoms with E-state index in [9.17, 15) is 19.2 Å². The van der Waals surface area contributed by atoms with Crippen LogP contribution in [-0.2, 0) is 0 Å². The molecule has 0 radical (unpaired) electrons. The number of carbonyl (C=O) groups is 4. The minimum Gasteiger partial charge on any atom is -0.372 e. The van der Waals surface area contributed by atoms with Crippen LogP contribution in [0.3, 0.4) is 0 Å². The quantitative estimate of drug-likeness (QED) is 0.258. The molecular weight excluding hydrogens is 552 g/mol. The monoisotopic (exact) mass is 584 g/mol. The molecule has 4 heterocycles. The number of benzene rings is 4. The molecule has 8 heteroatoms. The van der Waals surface area contributed by atoms with E-state index in [0.29, 0.717) is 44.4 Å². The van der Waals surface area contributed by atoms with E-state index in [2.05, 4.69) is 9.80 Å². The number of imide groups is 2. The number of piperidine rings is 2. The standard InChI is InChI=1S/C36H32N4O4/c41-33-27-15-17-29-32-30(36(44)40(35(29)43)26-13-9-24(10-14-26)38-21-5-2-6-22-38)18-16-28(31(27)32)34(42)39(33)25-11-7-23(8-12-25)37-19-3-1-4-20-37/h7-18H,1-6,19-22H2. The molecule has 8 rings (SSSR count). The normalized spacial score (nSPS) is 18.5. The highest BCUT2D eigenvalue weighted by Gasteiger charge is 2.40. The molecule has 0 aromatic heterocycles. The lowest BCUT2D eigenvalue weighted by molar-refractivity contribution is 0.0873. The highest BCUT2D eigenvalue weighted by molar-refractivity contribution is 6.42. The summed E-state index contributed by atoms with van der Waals surface area (Å²) in [5.41, 5.74) is 4.36. The van der Waals surface area contributed by atoms with Gasteiger partial charge >= 0.3 is 0 Å². The fourth-order valence-electron chi connectivity index (χ4n) is 7.27. The molecule has 0 bridgehead atoms. The van der Waals surface area contributed by atoms with Crippen molar-refractivity contribution >= 4 is 57.2 Å². The third-order valence-corrected chi connectivity index (χ3v) is 9.55. The van der Waals surface area contributed by atoms with Gasteiger partial charge in [0, 0.05) is 70.6 Å². The number of rotatable bonds is 4. The molecule has 0 aliphatic carbocycles. The van der Waals surface area contributed by atoms with Crippen LogP contribution in [0.2, 0.25) is 0 Å². The summed E-state index contributed by atoms with van der Waals surface area (Å²) in [7, 11) is 0. The van der Waals surface area contributed by atoms with Crippen molar-refractivity contribution in [2.24, 2.45) is 0 Å². The zero-order valence-electron chi connectivity index (χ0n) is 24.4. The second-order valence-corrected chi connectivity index (χ2v) is 12.1. The van der Waals surface area contributed by atoms with Gasteiger partial charge in [0.2, 0.25) is 0 Å². The Morgan fingerprint density at radius 1 is 0.341 bits per heavy atom. The summed E-state index contributed by atoms with van der Waals surface area (Å²) in [6, 6.07) is 21.5. The summed E-state index contributed by atoms with van der Waals surface area (Å²) < 4.78 is 0.